The summed E-state index contributed by atoms with van der Waals surface area (Å²) in [5, 5.41) is 4.51. The van der Waals surface area contributed by atoms with Crippen molar-refractivity contribution in [2.75, 3.05) is 24.4 Å². The van der Waals surface area contributed by atoms with E-state index in [0.717, 1.165) is 17.7 Å². The SMILES string of the molecule is COc1cc(C)ccc1OCC(=O)Nc1ccc(NC(=O)c2ccco2)cc1C(F)(F)F. The smallest absolute Gasteiger partial charge is 0.418 e. The topological polar surface area (TPSA) is 89.8 Å². The summed E-state index contributed by atoms with van der Waals surface area (Å²) >= 11 is 0. The van der Waals surface area contributed by atoms with Crippen LogP contribution in [0.25, 0.3) is 0 Å². The number of ether oxygens (including phenoxy) is 2. The molecule has 2 N–H and O–H groups in total. The molecule has 10 heteroatoms. The summed E-state index contributed by atoms with van der Waals surface area (Å²) < 4.78 is 56.1. The van der Waals surface area contributed by atoms with E-state index in [4.69, 9.17) is 13.9 Å². The highest BCUT2D eigenvalue weighted by atomic mass is 19.4. The Morgan fingerprint density at radius 3 is 2.47 bits per heavy atom. The van der Waals surface area contributed by atoms with Crippen LogP contribution >= 0.6 is 0 Å². The molecule has 0 aliphatic rings. The lowest BCUT2D eigenvalue weighted by Crippen LogP contribution is -2.23. The molecule has 3 aromatic rings. The van der Waals surface area contributed by atoms with Gasteiger partial charge in [0.25, 0.3) is 11.8 Å². The number of anilines is 2. The number of nitrogens with one attached hydrogen (secondary N) is 2. The number of hydrogen-bond donors (Lipinski definition) is 2. The van der Waals surface area contributed by atoms with Gasteiger partial charge in [0.15, 0.2) is 23.9 Å². The van der Waals surface area contributed by atoms with Crippen LogP contribution in [0.4, 0.5) is 24.5 Å². The van der Waals surface area contributed by atoms with Crippen molar-refractivity contribution in [1.82, 2.24) is 0 Å². The minimum Gasteiger partial charge on any atom is -0.493 e. The molecule has 7 nitrogen and oxygen atoms in total. The number of carbonyl (C=O) groups is 2. The summed E-state index contributed by atoms with van der Waals surface area (Å²) in [6, 6.07) is 10.9. The minimum atomic E-state index is -4.78. The number of furan rings is 1. The number of methoxy groups -OCH3 is 1. The van der Waals surface area contributed by atoms with Gasteiger partial charge in [-0.25, -0.2) is 0 Å². The maximum absolute atomic E-state index is 13.5. The number of hydrogen-bond acceptors (Lipinski definition) is 5. The third-order valence-corrected chi connectivity index (χ3v) is 4.28. The lowest BCUT2D eigenvalue weighted by Gasteiger charge is -2.16. The summed E-state index contributed by atoms with van der Waals surface area (Å²) in [6.07, 6.45) is -3.52. The zero-order chi connectivity index (χ0) is 23.3. The Balaban J connectivity index is 1.72. The van der Waals surface area contributed by atoms with Crippen molar-refractivity contribution < 1.29 is 36.7 Å². The second-order valence-corrected chi connectivity index (χ2v) is 6.68. The molecule has 0 fully saturated rings. The maximum atomic E-state index is 13.5. The predicted octanol–water partition coefficient (Wildman–Crippen LogP) is 4.89. The van der Waals surface area contributed by atoms with Crippen LogP contribution in [-0.4, -0.2) is 25.5 Å². The number of benzene rings is 2. The fourth-order valence-electron chi connectivity index (χ4n) is 2.79. The van der Waals surface area contributed by atoms with Gasteiger partial charge >= 0.3 is 6.18 Å². The fourth-order valence-corrected chi connectivity index (χ4v) is 2.79. The molecule has 2 amide bonds. The third kappa shape index (κ3) is 5.60. The number of amides is 2. The summed E-state index contributed by atoms with van der Waals surface area (Å²) in [5.74, 6) is -0.892. The molecular weight excluding hydrogens is 429 g/mol. The van der Waals surface area contributed by atoms with Crippen LogP contribution < -0.4 is 20.1 Å². The molecule has 32 heavy (non-hydrogen) atoms. The summed E-state index contributed by atoms with van der Waals surface area (Å²) in [7, 11) is 1.43. The highest BCUT2D eigenvalue weighted by molar-refractivity contribution is 6.02. The average Bonchev–Trinajstić information content (AvgIpc) is 3.28. The summed E-state index contributed by atoms with van der Waals surface area (Å²) in [4.78, 5) is 24.2. The highest BCUT2D eigenvalue weighted by Gasteiger charge is 2.34. The molecule has 2 aromatic carbocycles. The van der Waals surface area contributed by atoms with E-state index >= 15 is 0 Å². The first-order valence-corrected chi connectivity index (χ1v) is 9.31. The minimum absolute atomic E-state index is 0.0559. The van der Waals surface area contributed by atoms with E-state index in [1.807, 2.05) is 6.92 Å². The van der Waals surface area contributed by atoms with Gasteiger partial charge in [-0.2, -0.15) is 13.2 Å². The molecule has 0 aliphatic heterocycles. The lowest BCUT2D eigenvalue weighted by molar-refractivity contribution is -0.137. The Hall–Kier alpha value is -3.95. The van der Waals surface area contributed by atoms with E-state index in [-0.39, 0.29) is 17.2 Å². The average molecular weight is 448 g/mol. The molecule has 1 aromatic heterocycles. The quantitative estimate of drug-likeness (QED) is 0.538. The first-order valence-electron chi connectivity index (χ1n) is 9.31. The molecule has 168 valence electrons. The monoisotopic (exact) mass is 448 g/mol. The van der Waals surface area contributed by atoms with Gasteiger partial charge in [-0.05, 0) is 55.0 Å². The van der Waals surface area contributed by atoms with Crippen molar-refractivity contribution in [3.8, 4) is 11.5 Å². The van der Waals surface area contributed by atoms with E-state index < -0.39 is 35.8 Å². The molecule has 0 radical (unpaired) electrons. The largest absolute Gasteiger partial charge is 0.493 e. The standard InChI is InChI=1S/C22H19F3N2O5/c1-13-5-8-17(19(10-13)30-2)32-12-20(28)27-16-7-6-14(11-15(16)22(23,24)25)26-21(29)18-4-3-9-31-18/h3-11H,12H2,1-2H3,(H,26,29)(H,27,28). The van der Waals surface area contributed by atoms with Crippen molar-refractivity contribution in [2.45, 2.75) is 13.1 Å². The van der Waals surface area contributed by atoms with Crippen molar-refractivity contribution in [1.29, 1.82) is 0 Å². The second-order valence-electron chi connectivity index (χ2n) is 6.68. The van der Waals surface area contributed by atoms with Gasteiger partial charge in [0.1, 0.15) is 0 Å². The van der Waals surface area contributed by atoms with Crippen molar-refractivity contribution in [2.24, 2.45) is 0 Å². The number of aryl methyl sites for hydroxylation is 1. The van der Waals surface area contributed by atoms with E-state index in [2.05, 4.69) is 10.6 Å². The van der Waals surface area contributed by atoms with Crippen molar-refractivity contribution >= 4 is 23.2 Å². The number of rotatable bonds is 7. The molecule has 0 bridgehead atoms. The van der Waals surface area contributed by atoms with Gasteiger partial charge in [-0.15, -0.1) is 0 Å². The van der Waals surface area contributed by atoms with Crippen LogP contribution in [0, 0.1) is 6.92 Å². The van der Waals surface area contributed by atoms with E-state index in [9.17, 15) is 22.8 Å². The Kier molecular flexibility index (Phi) is 6.72. The van der Waals surface area contributed by atoms with Crippen LogP contribution in [0.5, 0.6) is 11.5 Å². The normalized spacial score (nSPS) is 11.0. The lowest BCUT2D eigenvalue weighted by atomic mass is 10.1. The van der Waals surface area contributed by atoms with Gasteiger partial charge in [0, 0.05) is 5.69 Å². The number of alkyl halides is 3. The Morgan fingerprint density at radius 1 is 1.03 bits per heavy atom. The van der Waals surface area contributed by atoms with Gasteiger partial charge in [-0.1, -0.05) is 6.07 Å². The van der Waals surface area contributed by atoms with Gasteiger partial charge in [0.05, 0.1) is 24.6 Å². The van der Waals surface area contributed by atoms with Crippen LogP contribution in [0.1, 0.15) is 21.7 Å². The first-order chi connectivity index (χ1) is 15.2. The molecule has 1 heterocycles. The van der Waals surface area contributed by atoms with Gasteiger partial charge in [0.2, 0.25) is 0 Å². The summed E-state index contributed by atoms with van der Waals surface area (Å²) in [5.41, 5.74) is -0.806. The predicted molar refractivity (Wildman–Crippen MR) is 110 cm³/mol. The molecule has 0 unspecified atom stereocenters. The van der Waals surface area contributed by atoms with Crippen LogP contribution in [0.15, 0.2) is 59.2 Å². The van der Waals surface area contributed by atoms with Crippen molar-refractivity contribution in [3.63, 3.8) is 0 Å². The molecule has 0 aliphatic carbocycles. The molecule has 0 atom stereocenters. The van der Waals surface area contributed by atoms with Gasteiger partial charge < -0.3 is 24.5 Å². The van der Waals surface area contributed by atoms with E-state index in [1.54, 1.807) is 18.2 Å². The number of carbonyl (C=O) groups excluding carboxylic acids is 2. The second kappa shape index (κ2) is 9.46. The molecule has 0 saturated carbocycles. The first kappa shape index (κ1) is 22.7. The van der Waals surface area contributed by atoms with Crippen LogP contribution in [0.2, 0.25) is 0 Å². The Labute approximate surface area is 181 Å². The summed E-state index contributed by atoms with van der Waals surface area (Å²) in [6.45, 7) is 1.31. The van der Waals surface area contributed by atoms with Gasteiger partial charge in [-0.3, -0.25) is 9.59 Å². The Morgan fingerprint density at radius 2 is 1.81 bits per heavy atom. The molecule has 0 spiro atoms. The zero-order valence-corrected chi connectivity index (χ0v) is 17.1. The number of halogens is 3. The third-order valence-electron chi connectivity index (χ3n) is 4.28. The van der Waals surface area contributed by atoms with Crippen molar-refractivity contribution in [3.05, 3.63) is 71.7 Å². The molecule has 0 saturated heterocycles. The highest BCUT2D eigenvalue weighted by Crippen LogP contribution is 2.37. The fraction of sp³-hybridized carbons (Fsp3) is 0.182. The zero-order valence-electron chi connectivity index (χ0n) is 17.1. The Bertz CT molecular complexity index is 1110. The maximum Gasteiger partial charge on any atom is 0.418 e. The molecular formula is C22H19F3N2O5. The van der Waals surface area contributed by atoms with Crippen LogP contribution in [-0.2, 0) is 11.0 Å². The van der Waals surface area contributed by atoms with Crippen LogP contribution in [0.3, 0.4) is 0 Å². The molecule has 3 rings (SSSR count). The van der Waals surface area contributed by atoms with E-state index in [0.29, 0.717) is 5.75 Å². The van der Waals surface area contributed by atoms with E-state index in [1.165, 1.54) is 31.6 Å².